The molecule has 76 valence electrons. The van der Waals surface area contributed by atoms with Crippen LogP contribution >= 0.6 is 0 Å². The fourth-order valence-electron chi connectivity index (χ4n) is 1.22. The van der Waals surface area contributed by atoms with Crippen LogP contribution in [0.25, 0.3) is 0 Å². The molecule has 2 heteroatoms. The van der Waals surface area contributed by atoms with Crippen LogP contribution in [-0.4, -0.2) is 19.0 Å². The van der Waals surface area contributed by atoms with Crippen molar-refractivity contribution >= 4 is 5.78 Å². The number of ether oxygens (including phenoxy) is 1. The highest BCUT2D eigenvalue weighted by Crippen LogP contribution is 2.02. The molecule has 0 aliphatic carbocycles. The molecule has 0 radical (unpaired) electrons. The van der Waals surface area contributed by atoms with E-state index in [0.29, 0.717) is 13.0 Å². The summed E-state index contributed by atoms with van der Waals surface area (Å²) in [6.45, 7) is 2.75. The minimum absolute atomic E-state index is 0.177. The Balaban J connectivity index is 2.24. The van der Waals surface area contributed by atoms with Gasteiger partial charge in [-0.25, -0.2) is 0 Å². The molecule has 0 aromatic heterocycles. The largest absolute Gasteiger partial charge is 0.374 e. The molecule has 2 nitrogen and oxygen atoms in total. The number of carbonyl (C=O) groups excluding carboxylic acids is 1. The maximum Gasteiger partial charge on any atom is 0.158 e. The summed E-state index contributed by atoms with van der Waals surface area (Å²) < 4.78 is 5.03. The smallest absolute Gasteiger partial charge is 0.158 e. The summed E-state index contributed by atoms with van der Waals surface area (Å²) in [5.41, 5.74) is 1.21. The molecular weight excluding hydrogens is 176 g/mol. The summed E-state index contributed by atoms with van der Waals surface area (Å²) in [6, 6.07) is 10.0. The van der Waals surface area contributed by atoms with E-state index in [9.17, 15) is 4.79 Å². The molecule has 1 rings (SSSR count). The number of rotatable bonds is 6. The molecule has 0 amide bonds. The minimum Gasteiger partial charge on any atom is -0.374 e. The number of aryl methyl sites for hydroxylation is 1. The molecule has 0 saturated carbocycles. The van der Waals surface area contributed by atoms with E-state index < -0.39 is 0 Å². The van der Waals surface area contributed by atoms with E-state index >= 15 is 0 Å². The Labute approximate surface area is 84.9 Å². The first-order valence-corrected chi connectivity index (χ1v) is 4.96. The van der Waals surface area contributed by atoms with Crippen LogP contribution in [0.1, 0.15) is 18.9 Å². The third-order valence-corrected chi connectivity index (χ3v) is 2.00. The van der Waals surface area contributed by atoms with Crippen molar-refractivity contribution in [3.05, 3.63) is 35.9 Å². The molecule has 0 saturated heterocycles. The van der Waals surface area contributed by atoms with Gasteiger partial charge in [0.2, 0.25) is 0 Å². The molecule has 0 heterocycles. The van der Waals surface area contributed by atoms with Crippen molar-refractivity contribution in [1.82, 2.24) is 0 Å². The van der Waals surface area contributed by atoms with Crippen molar-refractivity contribution in [3.8, 4) is 0 Å². The Hall–Kier alpha value is -1.15. The second-order valence-corrected chi connectivity index (χ2v) is 3.16. The molecule has 0 fully saturated rings. The van der Waals surface area contributed by atoms with Crippen molar-refractivity contribution in [2.24, 2.45) is 0 Å². The van der Waals surface area contributed by atoms with Crippen LogP contribution in [-0.2, 0) is 16.0 Å². The Bertz CT molecular complexity index is 267. The molecule has 1 aromatic carbocycles. The molecule has 1 aromatic rings. The van der Waals surface area contributed by atoms with E-state index in [0.717, 1.165) is 6.42 Å². The zero-order valence-electron chi connectivity index (χ0n) is 8.53. The Kier molecular flexibility index (Phi) is 4.94. The second kappa shape index (κ2) is 6.33. The SMILES string of the molecule is CCOCC(=O)CCc1ccccc1. The fourth-order valence-corrected chi connectivity index (χ4v) is 1.22. The van der Waals surface area contributed by atoms with E-state index in [2.05, 4.69) is 0 Å². The minimum atomic E-state index is 0.177. The standard InChI is InChI=1S/C12H16O2/c1-2-14-10-12(13)9-8-11-6-4-3-5-7-11/h3-7H,2,8-10H2,1H3. The lowest BCUT2D eigenvalue weighted by Crippen LogP contribution is -2.09. The van der Waals surface area contributed by atoms with Gasteiger partial charge in [0.15, 0.2) is 5.78 Å². The third-order valence-electron chi connectivity index (χ3n) is 2.00. The van der Waals surface area contributed by atoms with E-state index in [1.54, 1.807) is 0 Å². The maximum absolute atomic E-state index is 11.3. The highest BCUT2D eigenvalue weighted by Gasteiger charge is 2.01. The predicted octanol–water partition coefficient (Wildman–Crippen LogP) is 2.22. The quantitative estimate of drug-likeness (QED) is 0.690. The van der Waals surface area contributed by atoms with Crippen LogP contribution in [0, 0.1) is 0 Å². The Morgan fingerprint density at radius 3 is 2.64 bits per heavy atom. The lowest BCUT2D eigenvalue weighted by molar-refractivity contribution is -0.123. The van der Waals surface area contributed by atoms with Crippen LogP contribution in [0.4, 0.5) is 0 Å². The summed E-state index contributed by atoms with van der Waals surface area (Å²) in [5.74, 6) is 0.177. The number of hydrogen-bond acceptors (Lipinski definition) is 2. The first-order valence-electron chi connectivity index (χ1n) is 4.96. The third kappa shape index (κ3) is 4.19. The van der Waals surface area contributed by atoms with Gasteiger partial charge in [0.05, 0.1) is 0 Å². The van der Waals surface area contributed by atoms with Crippen LogP contribution < -0.4 is 0 Å². The predicted molar refractivity (Wildman–Crippen MR) is 56.3 cm³/mol. The topological polar surface area (TPSA) is 26.3 Å². The molecule has 0 aliphatic heterocycles. The van der Waals surface area contributed by atoms with Crippen LogP contribution in [0.15, 0.2) is 30.3 Å². The molecule has 0 aliphatic rings. The number of Topliss-reactive ketones (excluding diaryl/α,β-unsaturated/α-hetero) is 1. The van der Waals surface area contributed by atoms with Crippen molar-refractivity contribution in [3.63, 3.8) is 0 Å². The molecule has 0 spiro atoms. The Morgan fingerprint density at radius 1 is 1.29 bits per heavy atom. The van der Waals surface area contributed by atoms with Gasteiger partial charge in [-0.1, -0.05) is 30.3 Å². The van der Waals surface area contributed by atoms with Gasteiger partial charge in [0, 0.05) is 13.0 Å². The summed E-state index contributed by atoms with van der Waals surface area (Å²) in [7, 11) is 0. The van der Waals surface area contributed by atoms with E-state index in [1.807, 2.05) is 37.3 Å². The number of hydrogen-bond donors (Lipinski definition) is 0. The van der Waals surface area contributed by atoms with Crippen molar-refractivity contribution in [2.45, 2.75) is 19.8 Å². The molecule has 0 atom stereocenters. The zero-order valence-corrected chi connectivity index (χ0v) is 8.53. The van der Waals surface area contributed by atoms with Crippen LogP contribution in [0.5, 0.6) is 0 Å². The van der Waals surface area contributed by atoms with Gasteiger partial charge >= 0.3 is 0 Å². The van der Waals surface area contributed by atoms with E-state index in [1.165, 1.54) is 5.56 Å². The van der Waals surface area contributed by atoms with Gasteiger partial charge in [-0.3, -0.25) is 4.79 Å². The van der Waals surface area contributed by atoms with Gasteiger partial charge in [-0.15, -0.1) is 0 Å². The number of carbonyl (C=O) groups is 1. The zero-order chi connectivity index (χ0) is 10.2. The first-order chi connectivity index (χ1) is 6.83. The van der Waals surface area contributed by atoms with Crippen molar-refractivity contribution in [2.75, 3.05) is 13.2 Å². The lowest BCUT2D eigenvalue weighted by atomic mass is 10.1. The van der Waals surface area contributed by atoms with Gasteiger partial charge in [-0.2, -0.15) is 0 Å². The highest BCUT2D eigenvalue weighted by atomic mass is 16.5. The monoisotopic (exact) mass is 192 g/mol. The highest BCUT2D eigenvalue weighted by molar-refractivity contribution is 5.79. The van der Waals surface area contributed by atoms with Crippen LogP contribution in [0.3, 0.4) is 0 Å². The first kappa shape index (κ1) is 10.9. The average Bonchev–Trinajstić information content (AvgIpc) is 2.25. The summed E-state index contributed by atoms with van der Waals surface area (Å²) in [5, 5.41) is 0. The fraction of sp³-hybridized carbons (Fsp3) is 0.417. The summed E-state index contributed by atoms with van der Waals surface area (Å²) in [6.07, 6.45) is 1.39. The van der Waals surface area contributed by atoms with Gasteiger partial charge in [-0.05, 0) is 18.9 Å². The lowest BCUT2D eigenvalue weighted by Gasteiger charge is -2.01. The molecule has 0 unspecified atom stereocenters. The van der Waals surface area contributed by atoms with E-state index in [-0.39, 0.29) is 12.4 Å². The molecule has 0 bridgehead atoms. The second-order valence-electron chi connectivity index (χ2n) is 3.16. The molecular formula is C12H16O2. The van der Waals surface area contributed by atoms with Gasteiger partial charge < -0.3 is 4.74 Å². The van der Waals surface area contributed by atoms with E-state index in [4.69, 9.17) is 4.74 Å². The average molecular weight is 192 g/mol. The van der Waals surface area contributed by atoms with Crippen molar-refractivity contribution < 1.29 is 9.53 Å². The normalized spacial score (nSPS) is 10.1. The molecule has 14 heavy (non-hydrogen) atoms. The van der Waals surface area contributed by atoms with Crippen molar-refractivity contribution in [1.29, 1.82) is 0 Å². The maximum atomic E-state index is 11.3. The van der Waals surface area contributed by atoms with Gasteiger partial charge in [0.25, 0.3) is 0 Å². The summed E-state index contributed by atoms with van der Waals surface area (Å²) in [4.78, 5) is 11.3. The van der Waals surface area contributed by atoms with Crippen LogP contribution in [0.2, 0.25) is 0 Å². The molecule has 0 N–H and O–H groups in total. The van der Waals surface area contributed by atoms with Gasteiger partial charge in [0.1, 0.15) is 6.61 Å². The Morgan fingerprint density at radius 2 is 2.00 bits per heavy atom. The summed E-state index contributed by atoms with van der Waals surface area (Å²) >= 11 is 0. The number of ketones is 1. The number of benzene rings is 1.